The smallest absolute Gasteiger partial charge is 0.255 e. The van der Waals surface area contributed by atoms with Gasteiger partial charge in [0.25, 0.3) is 5.56 Å². The van der Waals surface area contributed by atoms with Crippen molar-refractivity contribution in [1.29, 1.82) is 5.41 Å². The molecule has 0 spiro atoms. The van der Waals surface area contributed by atoms with Crippen LogP contribution in [0.2, 0.25) is 0 Å². The highest BCUT2D eigenvalue weighted by atomic mass is 16.1. The minimum Gasteiger partial charge on any atom is -0.383 e. The molecular weight excluding hydrogens is 384 g/mol. The summed E-state index contributed by atoms with van der Waals surface area (Å²) in [5, 5.41) is 11.3. The summed E-state index contributed by atoms with van der Waals surface area (Å²) in [5.41, 5.74) is 4.77. The van der Waals surface area contributed by atoms with Crippen LogP contribution in [0.1, 0.15) is 29.5 Å². The number of likely N-dealkylation sites (tertiary alicyclic amines) is 1. The maximum Gasteiger partial charge on any atom is 0.255 e. The molecular formula is C26H30N4O. The van der Waals surface area contributed by atoms with Crippen LogP contribution < -0.4 is 10.9 Å². The van der Waals surface area contributed by atoms with Crippen molar-refractivity contribution in [2.45, 2.75) is 25.7 Å². The van der Waals surface area contributed by atoms with E-state index < -0.39 is 0 Å². The third kappa shape index (κ3) is 5.50. The molecule has 0 radical (unpaired) electrons. The SMILES string of the molecule is N=Cc1cc(-n2ccc(CCc3ccccc3)cc2=O)ccc1NCCN1CCCC1. The first-order chi connectivity index (χ1) is 15.2. The highest BCUT2D eigenvalue weighted by Gasteiger charge is 2.11. The lowest BCUT2D eigenvalue weighted by atomic mass is 10.1. The second-order valence-electron chi connectivity index (χ2n) is 8.12. The number of anilines is 1. The quantitative estimate of drug-likeness (QED) is 0.518. The number of aryl methyl sites for hydroxylation is 2. The van der Waals surface area contributed by atoms with Crippen LogP contribution in [0.5, 0.6) is 0 Å². The summed E-state index contributed by atoms with van der Waals surface area (Å²) in [6, 6.07) is 19.9. The molecule has 160 valence electrons. The van der Waals surface area contributed by atoms with Gasteiger partial charge in [-0.2, -0.15) is 0 Å². The van der Waals surface area contributed by atoms with Gasteiger partial charge in [0.05, 0.1) is 0 Å². The monoisotopic (exact) mass is 414 g/mol. The van der Waals surface area contributed by atoms with Crippen LogP contribution in [0.3, 0.4) is 0 Å². The van der Waals surface area contributed by atoms with E-state index in [1.807, 2.05) is 48.7 Å². The van der Waals surface area contributed by atoms with Gasteiger partial charge in [0.1, 0.15) is 0 Å². The molecule has 0 unspecified atom stereocenters. The lowest BCUT2D eigenvalue weighted by Gasteiger charge is -2.17. The summed E-state index contributed by atoms with van der Waals surface area (Å²) in [6.45, 7) is 4.24. The third-order valence-corrected chi connectivity index (χ3v) is 5.94. The second kappa shape index (κ2) is 10.2. The van der Waals surface area contributed by atoms with Crippen LogP contribution >= 0.6 is 0 Å². The fourth-order valence-corrected chi connectivity index (χ4v) is 4.16. The van der Waals surface area contributed by atoms with Gasteiger partial charge in [-0.1, -0.05) is 30.3 Å². The maximum atomic E-state index is 12.7. The van der Waals surface area contributed by atoms with Crippen LogP contribution in [0.15, 0.2) is 71.7 Å². The van der Waals surface area contributed by atoms with E-state index in [4.69, 9.17) is 5.41 Å². The predicted molar refractivity (Wildman–Crippen MR) is 128 cm³/mol. The van der Waals surface area contributed by atoms with Crippen molar-refractivity contribution in [2.24, 2.45) is 0 Å². The average Bonchev–Trinajstić information content (AvgIpc) is 3.32. The standard InChI is InChI=1S/C26H30N4O/c27-20-23-19-24(10-11-25(23)28-13-17-29-14-4-5-15-29)30-16-12-22(18-26(30)31)9-8-21-6-2-1-3-7-21/h1-3,6-7,10-12,16,18-20,27-28H,4-5,8-9,13-15,17H2. The molecule has 2 N–H and O–H groups in total. The summed E-state index contributed by atoms with van der Waals surface area (Å²) >= 11 is 0. The summed E-state index contributed by atoms with van der Waals surface area (Å²) in [6.07, 6.45) is 7.53. The Kier molecular flexibility index (Phi) is 6.95. The van der Waals surface area contributed by atoms with Gasteiger partial charge < -0.3 is 15.6 Å². The molecule has 0 amide bonds. The molecule has 4 rings (SSSR count). The summed E-state index contributed by atoms with van der Waals surface area (Å²) in [5.74, 6) is 0. The number of nitrogens with one attached hydrogen (secondary N) is 2. The number of benzene rings is 2. The Morgan fingerprint density at radius 2 is 1.71 bits per heavy atom. The maximum absolute atomic E-state index is 12.7. The van der Waals surface area contributed by atoms with Crippen LogP contribution in [-0.2, 0) is 12.8 Å². The van der Waals surface area contributed by atoms with Gasteiger partial charge >= 0.3 is 0 Å². The molecule has 3 aromatic rings. The average molecular weight is 415 g/mol. The Labute approximate surface area is 183 Å². The lowest BCUT2D eigenvalue weighted by molar-refractivity contribution is 0.352. The van der Waals surface area contributed by atoms with E-state index in [0.29, 0.717) is 0 Å². The van der Waals surface area contributed by atoms with Crippen molar-refractivity contribution in [3.8, 4) is 5.69 Å². The molecule has 0 saturated carbocycles. The molecule has 31 heavy (non-hydrogen) atoms. The Morgan fingerprint density at radius 3 is 2.45 bits per heavy atom. The van der Waals surface area contributed by atoms with Gasteiger partial charge in [0.2, 0.25) is 0 Å². The van der Waals surface area contributed by atoms with Gasteiger partial charge in [0, 0.05) is 48.5 Å². The molecule has 1 fully saturated rings. The van der Waals surface area contributed by atoms with Gasteiger partial charge in [-0.15, -0.1) is 0 Å². The largest absolute Gasteiger partial charge is 0.383 e. The van der Waals surface area contributed by atoms with Gasteiger partial charge in [-0.3, -0.25) is 9.36 Å². The van der Waals surface area contributed by atoms with Gasteiger partial charge in [-0.05, 0) is 74.2 Å². The van der Waals surface area contributed by atoms with Crippen LogP contribution in [-0.4, -0.2) is 41.9 Å². The van der Waals surface area contributed by atoms with Crippen LogP contribution in [0.4, 0.5) is 5.69 Å². The first-order valence-corrected chi connectivity index (χ1v) is 11.1. The van der Waals surface area contributed by atoms with Crippen molar-refractivity contribution in [3.05, 3.63) is 93.9 Å². The van der Waals surface area contributed by atoms with E-state index in [1.54, 1.807) is 10.6 Å². The minimum atomic E-state index is -0.0452. The van der Waals surface area contributed by atoms with Crippen molar-refractivity contribution in [2.75, 3.05) is 31.5 Å². The molecule has 1 saturated heterocycles. The molecule has 5 heteroatoms. The Bertz CT molecular complexity index is 1070. The Balaban J connectivity index is 1.43. The normalized spacial score (nSPS) is 13.9. The van der Waals surface area contributed by atoms with E-state index in [1.165, 1.54) is 37.7 Å². The topological polar surface area (TPSA) is 61.1 Å². The van der Waals surface area contributed by atoms with E-state index in [9.17, 15) is 4.79 Å². The van der Waals surface area contributed by atoms with Crippen molar-refractivity contribution in [1.82, 2.24) is 9.47 Å². The molecule has 0 aliphatic carbocycles. The van der Waals surface area contributed by atoms with Crippen LogP contribution in [0.25, 0.3) is 5.69 Å². The van der Waals surface area contributed by atoms with Crippen molar-refractivity contribution in [3.63, 3.8) is 0 Å². The summed E-state index contributed by atoms with van der Waals surface area (Å²) in [4.78, 5) is 15.2. The highest BCUT2D eigenvalue weighted by Crippen LogP contribution is 2.18. The number of rotatable bonds is 9. The molecule has 0 atom stereocenters. The van der Waals surface area contributed by atoms with E-state index in [-0.39, 0.29) is 5.56 Å². The van der Waals surface area contributed by atoms with E-state index in [0.717, 1.165) is 48.4 Å². The number of aromatic nitrogens is 1. The van der Waals surface area contributed by atoms with Gasteiger partial charge in [-0.25, -0.2) is 0 Å². The number of pyridine rings is 1. The van der Waals surface area contributed by atoms with E-state index in [2.05, 4.69) is 22.3 Å². The van der Waals surface area contributed by atoms with Crippen molar-refractivity contribution >= 4 is 11.9 Å². The summed E-state index contributed by atoms with van der Waals surface area (Å²) in [7, 11) is 0. The lowest BCUT2D eigenvalue weighted by Crippen LogP contribution is -2.26. The molecule has 0 bridgehead atoms. The molecule has 1 aliphatic rings. The zero-order valence-electron chi connectivity index (χ0n) is 17.9. The minimum absolute atomic E-state index is 0.0452. The van der Waals surface area contributed by atoms with Gasteiger partial charge in [0.15, 0.2) is 0 Å². The second-order valence-corrected chi connectivity index (χ2v) is 8.12. The van der Waals surface area contributed by atoms with E-state index >= 15 is 0 Å². The first-order valence-electron chi connectivity index (χ1n) is 11.1. The number of nitrogens with zero attached hydrogens (tertiary/aromatic N) is 2. The molecule has 1 aromatic heterocycles. The molecule has 2 aromatic carbocycles. The predicted octanol–water partition coefficient (Wildman–Crippen LogP) is 4.13. The highest BCUT2D eigenvalue weighted by molar-refractivity contribution is 5.86. The summed E-state index contributed by atoms with van der Waals surface area (Å²) < 4.78 is 1.65. The molecule has 1 aliphatic heterocycles. The van der Waals surface area contributed by atoms with Crippen LogP contribution in [0, 0.1) is 5.41 Å². The number of hydrogen-bond acceptors (Lipinski definition) is 4. The first kappa shape index (κ1) is 21.1. The zero-order valence-corrected chi connectivity index (χ0v) is 17.9. The van der Waals surface area contributed by atoms with Crippen molar-refractivity contribution < 1.29 is 0 Å². The Morgan fingerprint density at radius 1 is 0.935 bits per heavy atom. The third-order valence-electron chi connectivity index (χ3n) is 5.94. The Hall–Kier alpha value is -3.18. The fourth-order valence-electron chi connectivity index (χ4n) is 4.16. The zero-order chi connectivity index (χ0) is 21.5. The molecule has 5 nitrogen and oxygen atoms in total. The molecule has 2 heterocycles. The fraction of sp³-hybridized carbons (Fsp3) is 0.308. The number of hydrogen-bond donors (Lipinski definition) is 2.